The van der Waals surface area contributed by atoms with Crippen LogP contribution in [0.4, 0.5) is 11.4 Å². The molecule has 194 valence electrons. The summed E-state index contributed by atoms with van der Waals surface area (Å²) in [7, 11) is 0. The first-order valence-corrected chi connectivity index (χ1v) is 14.3. The zero-order valence-corrected chi connectivity index (χ0v) is 23.6. The van der Waals surface area contributed by atoms with Crippen LogP contribution in [0.25, 0.3) is 22.3 Å². The van der Waals surface area contributed by atoms with Crippen molar-refractivity contribution in [2.75, 3.05) is 4.90 Å². The summed E-state index contributed by atoms with van der Waals surface area (Å²) in [6, 6.07) is 33.3. The second-order valence-electron chi connectivity index (χ2n) is 12.6. The monoisotopic (exact) mass is 500 g/mol. The molecule has 1 saturated carbocycles. The van der Waals surface area contributed by atoms with Gasteiger partial charge in [-0.3, -0.25) is 0 Å². The van der Waals surface area contributed by atoms with Crippen LogP contribution in [0.15, 0.2) is 91.0 Å². The van der Waals surface area contributed by atoms with E-state index in [0.717, 1.165) is 25.7 Å². The number of para-hydroxylation sites is 1. The molecule has 1 heteroatoms. The van der Waals surface area contributed by atoms with Crippen LogP contribution in [0.5, 0.6) is 0 Å². The largest absolute Gasteiger partial charge is 0.335 e. The van der Waals surface area contributed by atoms with Crippen LogP contribution < -0.4 is 4.90 Å². The van der Waals surface area contributed by atoms with Crippen molar-refractivity contribution in [3.05, 3.63) is 108 Å². The summed E-state index contributed by atoms with van der Waals surface area (Å²) < 4.78 is 9.90. The van der Waals surface area contributed by atoms with E-state index in [9.17, 15) is 1.37 Å². The van der Waals surface area contributed by atoms with E-state index in [1.54, 1.807) is 0 Å². The first-order chi connectivity index (χ1) is 18.6. The Hall–Kier alpha value is -3.32. The molecule has 0 saturated heterocycles. The normalized spacial score (nSPS) is 17.9. The van der Waals surface area contributed by atoms with E-state index in [0.29, 0.717) is 0 Å². The van der Waals surface area contributed by atoms with Gasteiger partial charge in [-0.05, 0) is 91.1 Å². The van der Waals surface area contributed by atoms with Gasteiger partial charge < -0.3 is 4.90 Å². The highest BCUT2D eigenvalue weighted by Gasteiger charge is 2.39. The maximum absolute atomic E-state index is 9.90. The Morgan fingerprint density at radius 2 is 1.32 bits per heavy atom. The molecule has 0 radical (unpaired) electrons. The molecular formula is C37H41N. The van der Waals surface area contributed by atoms with Gasteiger partial charge in [-0.15, -0.1) is 0 Å². The predicted molar refractivity (Wildman–Crippen MR) is 164 cm³/mol. The minimum atomic E-state index is -0.588. The summed E-state index contributed by atoms with van der Waals surface area (Å²) in [4.78, 5) is 2.54. The molecule has 0 spiro atoms. The van der Waals surface area contributed by atoms with Gasteiger partial charge in [0.05, 0.1) is 0 Å². The van der Waals surface area contributed by atoms with E-state index in [2.05, 4.69) is 131 Å². The van der Waals surface area contributed by atoms with Gasteiger partial charge in [0.25, 0.3) is 0 Å². The van der Waals surface area contributed by atoms with E-state index in [4.69, 9.17) is 0 Å². The van der Waals surface area contributed by atoms with Crippen molar-refractivity contribution in [3.63, 3.8) is 0 Å². The van der Waals surface area contributed by atoms with Crippen LogP contribution in [0.3, 0.4) is 0 Å². The maximum Gasteiger partial charge on any atom is 0.0495 e. The summed E-state index contributed by atoms with van der Waals surface area (Å²) >= 11 is 0. The Balaban J connectivity index is 1.66. The average Bonchev–Trinajstić information content (AvgIpc) is 3.15. The van der Waals surface area contributed by atoms with Crippen LogP contribution >= 0.6 is 0 Å². The molecule has 0 amide bonds. The number of hydrogen-bond acceptors (Lipinski definition) is 1. The fourth-order valence-electron chi connectivity index (χ4n) is 6.84. The van der Waals surface area contributed by atoms with Crippen molar-refractivity contribution in [3.8, 4) is 22.3 Å². The molecule has 2 aliphatic rings. The SMILES string of the molecule is [2H]C1(c2cc3c(cc2N(c2ccccc2-c2ccccc2)C(C)(C)C)C(C)(C)c2ccccc2-3)CCCCC1. The zero-order chi connectivity index (χ0) is 27.4. The van der Waals surface area contributed by atoms with E-state index in [1.165, 1.54) is 56.7 Å². The van der Waals surface area contributed by atoms with Crippen molar-refractivity contribution in [2.24, 2.45) is 0 Å². The van der Waals surface area contributed by atoms with E-state index < -0.39 is 5.89 Å². The fraction of sp³-hybridized carbons (Fsp3) is 0.351. The molecule has 0 atom stereocenters. The molecule has 1 fully saturated rings. The lowest BCUT2D eigenvalue weighted by atomic mass is 9.78. The lowest BCUT2D eigenvalue weighted by Gasteiger charge is -2.42. The molecule has 38 heavy (non-hydrogen) atoms. The minimum absolute atomic E-state index is 0.0938. The van der Waals surface area contributed by atoms with Crippen LogP contribution in [-0.4, -0.2) is 5.54 Å². The molecule has 0 unspecified atom stereocenters. The summed E-state index contributed by atoms with van der Waals surface area (Å²) in [5.41, 5.74) is 11.1. The number of nitrogens with zero attached hydrogens (tertiary/aromatic N) is 1. The third-order valence-corrected chi connectivity index (χ3v) is 8.68. The predicted octanol–water partition coefficient (Wildman–Crippen LogP) is 10.6. The first kappa shape index (κ1) is 23.8. The lowest BCUT2D eigenvalue weighted by molar-refractivity contribution is 0.442. The molecule has 0 N–H and O–H groups in total. The number of rotatable bonds is 4. The van der Waals surface area contributed by atoms with Crippen molar-refractivity contribution in [1.82, 2.24) is 0 Å². The van der Waals surface area contributed by atoms with Gasteiger partial charge in [0.1, 0.15) is 0 Å². The van der Waals surface area contributed by atoms with Gasteiger partial charge >= 0.3 is 0 Å². The Morgan fingerprint density at radius 1 is 0.684 bits per heavy atom. The second-order valence-corrected chi connectivity index (χ2v) is 12.6. The van der Waals surface area contributed by atoms with Gasteiger partial charge in [-0.1, -0.05) is 106 Å². The van der Waals surface area contributed by atoms with Crippen LogP contribution in [0, 0.1) is 0 Å². The molecule has 4 aromatic carbocycles. The Labute approximate surface area is 231 Å². The summed E-state index contributed by atoms with van der Waals surface area (Å²) in [5, 5.41) is 0. The van der Waals surface area contributed by atoms with Crippen LogP contribution in [0.1, 0.15) is 90.7 Å². The quantitative estimate of drug-likeness (QED) is 0.269. The molecule has 0 heterocycles. The molecule has 6 rings (SSSR count). The van der Waals surface area contributed by atoms with Crippen molar-refractivity contribution >= 4 is 11.4 Å². The number of fused-ring (bicyclic) bond motifs is 3. The van der Waals surface area contributed by atoms with Crippen molar-refractivity contribution < 1.29 is 1.37 Å². The average molecular weight is 501 g/mol. The smallest absolute Gasteiger partial charge is 0.0495 e. The first-order valence-electron chi connectivity index (χ1n) is 14.8. The molecule has 0 aliphatic heterocycles. The molecule has 2 aliphatic carbocycles. The van der Waals surface area contributed by atoms with Crippen LogP contribution in [0.2, 0.25) is 0 Å². The van der Waals surface area contributed by atoms with Gasteiger partial charge in [0.2, 0.25) is 0 Å². The van der Waals surface area contributed by atoms with E-state index in [1.807, 2.05) is 0 Å². The molecule has 1 nitrogen and oxygen atoms in total. The highest BCUT2D eigenvalue weighted by molar-refractivity contribution is 5.88. The molecule has 4 aromatic rings. The Bertz CT molecular complexity index is 1500. The van der Waals surface area contributed by atoms with Crippen molar-refractivity contribution in [1.29, 1.82) is 0 Å². The number of hydrogen-bond donors (Lipinski definition) is 0. The van der Waals surface area contributed by atoms with Gasteiger partial charge in [0.15, 0.2) is 0 Å². The van der Waals surface area contributed by atoms with Gasteiger partial charge in [-0.2, -0.15) is 0 Å². The Kier molecular flexibility index (Phi) is 5.91. The third-order valence-electron chi connectivity index (χ3n) is 8.68. The fourth-order valence-corrected chi connectivity index (χ4v) is 6.84. The molecule has 0 bridgehead atoms. The van der Waals surface area contributed by atoms with E-state index in [-0.39, 0.29) is 11.0 Å². The lowest BCUT2D eigenvalue weighted by Crippen LogP contribution is -2.39. The number of benzene rings is 4. The molecule has 0 aromatic heterocycles. The third kappa shape index (κ3) is 4.17. The highest BCUT2D eigenvalue weighted by Crippen LogP contribution is 2.54. The minimum Gasteiger partial charge on any atom is -0.335 e. The van der Waals surface area contributed by atoms with Gasteiger partial charge in [-0.25, -0.2) is 0 Å². The highest BCUT2D eigenvalue weighted by atomic mass is 15.2. The van der Waals surface area contributed by atoms with E-state index >= 15 is 0 Å². The van der Waals surface area contributed by atoms with Crippen LogP contribution in [-0.2, 0) is 5.41 Å². The summed E-state index contributed by atoms with van der Waals surface area (Å²) in [6.45, 7) is 11.6. The zero-order valence-electron chi connectivity index (χ0n) is 24.6. The standard InChI is InChI=1S/C37H41N/c1-36(2,3)38(34-23-15-13-20-28(34)26-16-8-6-9-17-26)35-25-33-31(24-30(35)27-18-10-7-11-19-27)29-21-12-14-22-32(29)37(33,4)5/h6,8-9,12-17,20-25,27H,7,10-11,18-19H2,1-5H3/i27D. The topological polar surface area (TPSA) is 3.24 Å². The van der Waals surface area contributed by atoms with Crippen molar-refractivity contribution in [2.45, 2.75) is 83.6 Å². The molecular weight excluding hydrogens is 458 g/mol. The second kappa shape index (κ2) is 9.45. The Morgan fingerprint density at radius 3 is 2.03 bits per heavy atom. The summed E-state index contributed by atoms with van der Waals surface area (Å²) in [6.07, 6.45) is 5.32. The number of anilines is 2. The maximum atomic E-state index is 9.90. The summed E-state index contributed by atoms with van der Waals surface area (Å²) in [5.74, 6) is -0.588. The van der Waals surface area contributed by atoms with Gasteiger partial charge in [0, 0.05) is 29.3 Å².